The molecule has 0 bridgehead atoms. The number of nitrogens with zero attached hydrogens (tertiary/aromatic N) is 3. The van der Waals surface area contributed by atoms with E-state index in [1.165, 1.54) is 0 Å². The van der Waals surface area contributed by atoms with Crippen molar-refractivity contribution in [3.05, 3.63) is 40.4 Å². The van der Waals surface area contributed by atoms with Crippen LogP contribution in [0.1, 0.15) is 41.4 Å². The zero-order valence-corrected chi connectivity index (χ0v) is 12.4. The Bertz CT molecular complexity index is 697. The highest BCUT2D eigenvalue weighted by Crippen LogP contribution is 2.21. The number of carbonyl (C=O) groups excluding carboxylic acids is 1. The molecule has 0 spiro atoms. The van der Waals surface area contributed by atoms with Crippen molar-refractivity contribution >= 4 is 23.2 Å². The first-order valence-electron chi connectivity index (χ1n) is 6.84. The van der Waals surface area contributed by atoms with Crippen LogP contribution in [0.15, 0.2) is 18.2 Å². The van der Waals surface area contributed by atoms with Crippen LogP contribution in [-0.2, 0) is 13.0 Å². The molecule has 1 unspecified atom stereocenters. The fourth-order valence-electron chi connectivity index (χ4n) is 2.52. The van der Waals surface area contributed by atoms with Gasteiger partial charge < -0.3 is 15.6 Å². The van der Waals surface area contributed by atoms with Crippen molar-refractivity contribution in [2.75, 3.05) is 5.73 Å². The molecule has 1 atom stereocenters. The molecule has 3 N–H and O–H groups in total. The average molecular weight is 306 g/mol. The summed E-state index contributed by atoms with van der Waals surface area (Å²) in [6.45, 7) is 2.80. The molecule has 0 fully saturated rings. The molecular formula is C14H16ClN5O. The van der Waals surface area contributed by atoms with Crippen molar-refractivity contribution in [1.82, 2.24) is 20.1 Å². The maximum atomic E-state index is 12.2. The summed E-state index contributed by atoms with van der Waals surface area (Å²) in [5.41, 5.74) is 6.59. The molecule has 1 amide bonds. The fourth-order valence-corrected chi connectivity index (χ4v) is 2.64. The van der Waals surface area contributed by atoms with Gasteiger partial charge in [0.2, 0.25) is 0 Å². The van der Waals surface area contributed by atoms with Gasteiger partial charge in [0.1, 0.15) is 5.82 Å². The van der Waals surface area contributed by atoms with Crippen LogP contribution in [-0.4, -0.2) is 20.7 Å². The third kappa shape index (κ3) is 2.58. The summed E-state index contributed by atoms with van der Waals surface area (Å²) >= 11 is 5.86. The molecule has 2 heterocycles. The van der Waals surface area contributed by atoms with Crippen LogP contribution in [0, 0.1) is 0 Å². The number of anilines is 1. The zero-order chi connectivity index (χ0) is 15.0. The van der Waals surface area contributed by atoms with E-state index in [1.54, 1.807) is 18.2 Å². The molecule has 1 aromatic heterocycles. The Morgan fingerprint density at radius 3 is 3.05 bits per heavy atom. The molecular weight excluding hydrogens is 290 g/mol. The minimum Gasteiger partial charge on any atom is -0.398 e. The first-order valence-corrected chi connectivity index (χ1v) is 7.22. The molecule has 21 heavy (non-hydrogen) atoms. The number of hydrogen-bond acceptors (Lipinski definition) is 4. The number of benzene rings is 1. The first kappa shape index (κ1) is 13.9. The van der Waals surface area contributed by atoms with Gasteiger partial charge in [-0.05, 0) is 31.5 Å². The molecule has 110 valence electrons. The summed E-state index contributed by atoms with van der Waals surface area (Å²) in [5.74, 6) is 1.57. The predicted octanol–water partition coefficient (Wildman–Crippen LogP) is 1.95. The highest BCUT2D eigenvalue weighted by atomic mass is 35.5. The smallest absolute Gasteiger partial charge is 0.251 e. The lowest BCUT2D eigenvalue weighted by atomic mass is 10.1. The number of carbonyl (C=O) groups is 1. The van der Waals surface area contributed by atoms with E-state index in [0.717, 1.165) is 31.0 Å². The van der Waals surface area contributed by atoms with Crippen molar-refractivity contribution in [3.8, 4) is 0 Å². The molecule has 3 rings (SSSR count). The van der Waals surface area contributed by atoms with Gasteiger partial charge in [0.05, 0.1) is 16.8 Å². The Hall–Kier alpha value is -2.08. The van der Waals surface area contributed by atoms with Crippen LogP contribution in [0.5, 0.6) is 0 Å². The lowest BCUT2D eigenvalue weighted by molar-refractivity contribution is 0.0937. The first-order chi connectivity index (χ1) is 10.1. The minimum absolute atomic E-state index is 0.207. The highest BCUT2D eigenvalue weighted by molar-refractivity contribution is 6.33. The Morgan fingerprint density at radius 2 is 2.29 bits per heavy atom. The molecule has 6 nitrogen and oxygen atoms in total. The van der Waals surface area contributed by atoms with E-state index < -0.39 is 0 Å². The lowest BCUT2D eigenvalue weighted by Crippen LogP contribution is -2.28. The van der Waals surface area contributed by atoms with Crippen molar-refractivity contribution in [2.24, 2.45) is 0 Å². The summed E-state index contributed by atoms with van der Waals surface area (Å²) in [6, 6.07) is 4.62. The number of nitrogens with two attached hydrogens (primary N) is 1. The summed E-state index contributed by atoms with van der Waals surface area (Å²) in [6.07, 6.45) is 2.02. The summed E-state index contributed by atoms with van der Waals surface area (Å²) in [7, 11) is 0. The summed E-state index contributed by atoms with van der Waals surface area (Å²) in [4.78, 5) is 12.2. The van der Waals surface area contributed by atoms with Crippen molar-refractivity contribution < 1.29 is 4.79 Å². The standard InChI is InChI=1S/C14H16ClN5O/c1-8(13-19-18-12-3-2-6-20(12)13)17-14(21)9-4-5-10(15)11(16)7-9/h4-5,7-8H,2-3,6,16H2,1H3,(H,17,21). The number of fused-ring (bicyclic) bond motifs is 1. The van der Waals surface area contributed by atoms with Crippen LogP contribution in [0.25, 0.3) is 0 Å². The van der Waals surface area contributed by atoms with Gasteiger partial charge in [-0.1, -0.05) is 11.6 Å². The van der Waals surface area contributed by atoms with Crippen molar-refractivity contribution in [3.63, 3.8) is 0 Å². The molecule has 1 aliphatic rings. The largest absolute Gasteiger partial charge is 0.398 e. The number of aromatic nitrogens is 3. The quantitative estimate of drug-likeness (QED) is 0.849. The summed E-state index contributed by atoms with van der Waals surface area (Å²) in [5, 5.41) is 11.7. The van der Waals surface area contributed by atoms with E-state index >= 15 is 0 Å². The maximum absolute atomic E-state index is 12.2. The lowest BCUT2D eigenvalue weighted by Gasteiger charge is -2.14. The van der Waals surface area contributed by atoms with E-state index in [-0.39, 0.29) is 11.9 Å². The monoisotopic (exact) mass is 305 g/mol. The van der Waals surface area contributed by atoms with E-state index in [1.807, 2.05) is 6.92 Å². The van der Waals surface area contributed by atoms with Crippen molar-refractivity contribution in [1.29, 1.82) is 0 Å². The van der Waals surface area contributed by atoms with Gasteiger partial charge in [-0.15, -0.1) is 10.2 Å². The van der Waals surface area contributed by atoms with Crippen LogP contribution >= 0.6 is 11.6 Å². The Balaban J connectivity index is 1.76. The number of aryl methyl sites for hydroxylation is 1. The number of rotatable bonds is 3. The van der Waals surface area contributed by atoms with Gasteiger partial charge in [-0.3, -0.25) is 4.79 Å². The van der Waals surface area contributed by atoms with Gasteiger partial charge in [0.25, 0.3) is 5.91 Å². The normalized spacial score (nSPS) is 14.8. The van der Waals surface area contributed by atoms with Crippen LogP contribution < -0.4 is 11.1 Å². The molecule has 0 saturated carbocycles. The van der Waals surface area contributed by atoms with Gasteiger partial charge in [-0.2, -0.15) is 0 Å². The zero-order valence-electron chi connectivity index (χ0n) is 11.6. The van der Waals surface area contributed by atoms with Crippen LogP contribution in [0.3, 0.4) is 0 Å². The topological polar surface area (TPSA) is 85.8 Å². The molecule has 1 aromatic carbocycles. The van der Waals surface area contributed by atoms with Gasteiger partial charge in [0, 0.05) is 18.5 Å². The second-order valence-corrected chi connectivity index (χ2v) is 5.57. The van der Waals surface area contributed by atoms with E-state index in [0.29, 0.717) is 16.3 Å². The number of nitrogen functional groups attached to an aromatic ring is 1. The number of nitrogens with one attached hydrogen (secondary N) is 1. The molecule has 1 aliphatic heterocycles. The minimum atomic E-state index is -0.214. The highest BCUT2D eigenvalue weighted by Gasteiger charge is 2.22. The van der Waals surface area contributed by atoms with Crippen molar-refractivity contribution in [2.45, 2.75) is 32.4 Å². The predicted molar refractivity (Wildman–Crippen MR) is 80.1 cm³/mol. The number of halogens is 1. The van der Waals surface area contributed by atoms with Gasteiger partial charge in [-0.25, -0.2) is 0 Å². The second kappa shape index (κ2) is 5.37. The third-order valence-electron chi connectivity index (χ3n) is 3.63. The van der Waals surface area contributed by atoms with E-state index in [9.17, 15) is 4.79 Å². The Labute approximate surface area is 127 Å². The molecule has 7 heteroatoms. The summed E-state index contributed by atoms with van der Waals surface area (Å²) < 4.78 is 2.07. The number of amides is 1. The molecule has 0 saturated heterocycles. The third-order valence-corrected chi connectivity index (χ3v) is 3.98. The average Bonchev–Trinajstić information content (AvgIpc) is 3.04. The van der Waals surface area contributed by atoms with Crippen LogP contribution in [0.4, 0.5) is 5.69 Å². The van der Waals surface area contributed by atoms with E-state index in [2.05, 4.69) is 20.1 Å². The Morgan fingerprint density at radius 1 is 1.48 bits per heavy atom. The van der Waals surface area contributed by atoms with Gasteiger partial charge >= 0.3 is 0 Å². The van der Waals surface area contributed by atoms with Gasteiger partial charge in [0.15, 0.2) is 5.82 Å². The molecule has 2 aromatic rings. The number of hydrogen-bond donors (Lipinski definition) is 2. The molecule has 0 aliphatic carbocycles. The molecule has 0 radical (unpaired) electrons. The fraction of sp³-hybridized carbons (Fsp3) is 0.357. The van der Waals surface area contributed by atoms with Crippen LogP contribution in [0.2, 0.25) is 5.02 Å². The Kier molecular flexibility index (Phi) is 3.55. The maximum Gasteiger partial charge on any atom is 0.251 e. The SMILES string of the molecule is CC(NC(=O)c1ccc(Cl)c(N)c1)c1nnc2n1CCC2. The second-order valence-electron chi connectivity index (χ2n) is 5.16. The van der Waals surface area contributed by atoms with E-state index in [4.69, 9.17) is 17.3 Å².